The van der Waals surface area contributed by atoms with Crippen molar-refractivity contribution in [2.75, 3.05) is 51.8 Å². The lowest BCUT2D eigenvalue weighted by molar-refractivity contribution is 0.248. The largest absolute Gasteiger partial charge is 0.493 e. The van der Waals surface area contributed by atoms with E-state index in [4.69, 9.17) is 21.1 Å². The highest BCUT2D eigenvalue weighted by Crippen LogP contribution is 2.36. The lowest BCUT2D eigenvalue weighted by atomic mass is 9.93. The molecular formula is C26H31ClFN5O2. The summed E-state index contributed by atoms with van der Waals surface area (Å²) in [4.78, 5) is 11.2. The van der Waals surface area contributed by atoms with Gasteiger partial charge >= 0.3 is 0 Å². The summed E-state index contributed by atoms with van der Waals surface area (Å²) < 4.78 is 26.1. The van der Waals surface area contributed by atoms with Gasteiger partial charge in [0.05, 0.1) is 29.9 Å². The van der Waals surface area contributed by atoms with Gasteiger partial charge in [0.15, 0.2) is 17.3 Å². The van der Waals surface area contributed by atoms with Crippen molar-refractivity contribution in [2.24, 2.45) is 11.8 Å². The van der Waals surface area contributed by atoms with E-state index in [9.17, 15) is 4.39 Å². The van der Waals surface area contributed by atoms with Crippen LogP contribution in [0.15, 0.2) is 36.7 Å². The maximum Gasteiger partial charge on any atom is 0.165 e. The maximum absolute atomic E-state index is 14.4. The Morgan fingerprint density at radius 1 is 1.20 bits per heavy atom. The van der Waals surface area contributed by atoms with Gasteiger partial charge in [0.1, 0.15) is 12.1 Å². The molecular weight excluding hydrogens is 469 g/mol. The van der Waals surface area contributed by atoms with E-state index in [1.165, 1.54) is 38.3 Å². The first-order chi connectivity index (χ1) is 17.1. The molecule has 5 rings (SSSR count). The average Bonchev–Trinajstić information content (AvgIpc) is 3.12. The second-order valence-corrected chi connectivity index (χ2v) is 9.70. The summed E-state index contributed by atoms with van der Waals surface area (Å²) in [5.41, 5.74) is 0.909. The van der Waals surface area contributed by atoms with Crippen molar-refractivity contribution in [3.05, 3.63) is 47.5 Å². The molecule has 186 valence electrons. The summed E-state index contributed by atoms with van der Waals surface area (Å²) in [6, 6.07) is 8.46. The molecule has 7 nitrogen and oxygen atoms in total. The van der Waals surface area contributed by atoms with Crippen LogP contribution in [0.4, 0.5) is 15.9 Å². The van der Waals surface area contributed by atoms with Crippen molar-refractivity contribution < 1.29 is 13.9 Å². The summed E-state index contributed by atoms with van der Waals surface area (Å²) in [7, 11) is 1.61. The third kappa shape index (κ3) is 5.44. The molecule has 0 spiro atoms. The van der Waals surface area contributed by atoms with Crippen molar-refractivity contribution in [3.63, 3.8) is 0 Å². The number of nitrogens with one attached hydrogen (secondary N) is 2. The first kappa shape index (κ1) is 24.0. The summed E-state index contributed by atoms with van der Waals surface area (Å²) >= 11 is 5.93. The number of halogens is 2. The number of likely N-dealkylation sites (tertiary alicyclic amines) is 1. The Kier molecular flexibility index (Phi) is 7.51. The minimum atomic E-state index is -0.529. The first-order valence-corrected chi connectivity index (χ1v) is 12.6. The second-order valence-electron chi connectivity index (χ2n) is 9.30. The molecule has 0 radical (unpaired) electrons. The molecule has 3 aromatic rings. The number of aromatic nitrogens is 2. The zero-order valence-corrected chi connectivity index (χ0v) is 20.7. The number of benzene rings is 2. The van der Waals surface area contributed by atoms with E-state index < -0.39 is 5.82 Å². The Bertz CT molecular complexity index is 1170. The third-order valence-corrected chi connectivity index (χ3v) is 7.28. The van der Waals surface area contributed by atoms with Crippen LogP contribution in [0.2, 0.25) is 5.02 Å². The van der Waals surface area contributed by atoms with Crippen molar-refractivity contribution in [3.8, 4) is 11.5 Å². The molecule has 2 aromatic carbocycles. The van der Waals surface area contributed by atoms with Gasteiger partial charge in [0, 0.05) is 31.1 Å². The molecule has 0 bridgehead atoms. The number of ether oxygens (including phenoxy) is 2. The monoisotopic (exact) mass is 499 g/mol. The predicted octanol–water partition coefficient (Wildman–Crippen LogP) is 4.87. The Morgan fingerprint density at radius 2 is 2.09 bits per heavy atom. The van der Waals surface area contributed by atoms with Crippen LogP contribution in [0.5, 0.6) is 11.5 Å². The van der Waals surface area contributed by atoms with Crippen LogP contribution in [-0.2, 0) is 0 Å². The highest BCUT2D eigenvalue weighted by Gasteiger charge is 2.32. The quantitative estimate of drug-likeness (QED) is 0.428. The predicted molar refractivity (Wildman–Crippen MR) is 136 cm³/mol. The molecule has 2 aliphatic rings. The van der Waals surface area contributed by atoms with Gasteiger partial charge in [-0.25, -0.2) is 14.4 Å². The smallest absolute Gasteiger partial charge is 0.165 e. The van der Waals surface area contributed by atoms with E-state index in [0.717, 1.165) is 37.9 Å². The highest BCUT2D eigenvalue weighted by molar-refractivity contribution is 6.31. The average molecular weight is 500 g/mol. The molecule has 3 heterocycles. The Hall–Kier alpha value is -2.68. The summed E-state index contributed by atoms with van der Waals surface area (Å²) in [6.07, 6.45) is 4.97. The molecule has 2 aliphatic heterocycles. The minimum absolute atomic E-state index is 0.0446. The summed E-state index contributed by atoms with van der Waals surface area (Å²) in [5, 5.41) is 7.36. The van der Waals surface area contributed by atoms with Gasteiger partial charge in [0.2, 0.25) is 0 Å². The molecule has 0 aliphatic carbocycles. The van der Waals surface area contributed by atoms with Gasteiger partial charge in [-0.05, 0) is 62.4 Å². The number of nitrogens with zero attached hydrogens (tertiary/aromatic N) is 3. The maximum atomic E-state index is 14.4. The van der Waals surface area contributed by atoms with E-state index in [2.05, 4.69) is 25.5 Å². The van der Waals surface area contributed by atoms with E-state index in [0.29, 0.717) is 34.8 Å². The summed E-state index contributed by atoms with van der Waals surface area (Å²) in [6.45, 7) is 6.26. The number of fused-ring (bicyclic) bond motifs is 2. The van der Waals surface area contributed by atoms with Crippen LogP contribution in [0.25, 0.3) is 10.9 Å². The number of methoxy groups -OCH3 is 1. The second kappa shape index (κ2) is 10.9. The van der Waals surface area contributed by atoms with Crippen molar-refractivity contribution in [1.82, 2.24) is 20.2 Å². The van der Waals surface area contributed by atoms with Crippen LogP contribution in [0.1, 0.15) is 19.3 Å². The van der Waals surface area contributed by atoms with E-state index in [-0.39, 0.29) is 10.7 Å². The minimum Gasteiger partial charge on any atom is -0.493 e. The number of anilines is 2. The van der Waals surface area contributed by atoms with Crippen molar-refractivity contribution in [2.45, 2.75) is 19.3 Å². The number of hydrogen-bond acceptors (Lipinski definition) is 7. The molecule has 2 saturated heterocycles. The van der Waals surface area contributed by atoms with Crippen molar-refractivity contribution >= 4 is 34.0 Å². The molecule has 1 aromatic heterocycles. The zero-order chi connectivity index (χ0) is 24.2. The SMILES string of the molecule is COc1cc2ncnc(Nc3cccc(Cl)c3F)c2cc1OCCCN1CC2CCCNCC2C1. The van der Waals surface area contributed by atoms with Gasteiger partial charge in [-0.15, -0.1) is 0 Å². The van der Waals surface area contributed by atoms with Gasteiger partial charge in [-0.1, -0.05) is 17.7 Å². The Balaban J connectivity index is 1.26. The molecule has 2 fully saturated rings. The topological polar surface area (TPSA) is 71.5 Å². The van der Waals surface area contributed by atoms with Crippen LogP contribution in [0, 0.1) is 17.7 Å². The van der Waals surface area contributed by atoms with Gasteiger partial charge < -0.3 is 25.0 Å². The molecule has 2 atom stereocenters. The summed E-state index contributed by atoms with van der Waals surface area (Å²) in [5.74, 6) is 2.74. The van der Waals surface area contributed by atoms with Gasteiger partial charge in [-0.3, -0.25) is 0 Å². The van der Waals surface area contributed by atoms with Crippen LogP contribution >= 0.6 is 11.6 Å². The fourth-order valence-corrected chi connectivity index (χ4v) is 5.36. The Labute approximate surface area is 210 Å². The molecule has 2 unspecified atom stereocenters. The lowest BCUT2D eigenvalue weighted by Crippen LogP contribution is -2.27. The van der Waals surface area contributed by atoms with Crippen LogP contribution in [0.3, 0.4) is 0 Å². The van der Waals surface area contributed by atoms with E-state index >= 15 is 0 Å². The first-order valence-electron chi connectivity index (χ1n) is 12.2. The fraction of sp³-hybridized carbons (Fsp3) is 0.462. The number of hydrogen-bond donors (Lipinski definition) is 2. The van der Waals surface area contributed by atoms with Gasteiger partial charge in [-0.2, -0.15) is 0 Å². The molecule has 35 heavy (non-hydrogen) atoms. The standard InChI is InChI=1S/C26H31ClFN5O2/c1-34-23-12-22-19(26(31-16-30-22)32-21-7-2-6-20(27)25(21)28)11-24(23)35-10-4-9-33-14-17-5-3-8-29-13-18(17)15-33/h2,6-7,11-12,16-18,29H,3-5,8-10,13-15H2,1H3,(H,30,31,32). The normalized spacial score (nSPS) is 20.4. The van der Waals surface area contributed by atoms with E-state index in [1.54, 1.807) is 19.2 Å². The van der Waals surface area contributed by atoms with E-state index in [1.807, 2.05) is 12.1 Å². The third-order valence-electron chi connectivity index (χ3n) is 6.99. The number of rotatable bonds is 8. The van der Waals surface area contributed by atoms with Crippen LogP contribution in [-0.4, -0.2) is 61.3 Å². The highest BCUT2D eigenvalue weighted by atomic mass is 35.5. The van der Waals surface area contributed by atoms with Crippen LogP contribution < -0.4 is 20.1 Å². The van der Waals surface area contributed by atoms with Crippen molar-refractivity contribution in [1.29, 1.82) is 0 Å². The Morgan fingerprint density at radius 3 is 2.97 bits per heavy atom. The van der Waals surface area contributed by atoms with Gasteiger partial charge in [0.25, 0.3) is 0 Å². The molecule has 9 heteroatoms. The zero-order valence-electron chi connectivity index (χ0n) is 19.9. The lowest BCUT2D eigenvalue weighted by Gasteiger charge is -2.17. The fourth-order valence-electron chi connectivity index (χ4n) is 5.19. The molecule has 2 N–H and O–H groups in total. The molecule has 0 amide bonds. The molecule has 0 saturated carbocycles.